The molecule has 5 heteroatoms. The number of fused-ring (bicyclic) bond motifs is 1. The van der Waals surface area contributed by atoms with Crippen molar-refractivity contribution in [3.8, 4) is 11.3 Å². The van der Waals surface area contributed by atoms with Crippen LogP contribution in [0.1, 0.15) is 21.5 Å². The van der Waals surface area contributed by atoms with Crippen molar-refractivity contribution in [3.05, 3.63) is 59.4 Å². The van der Waals surface area contributed by atoms with Crippen LogP contribution in [0.15, 0.2) is 42.7 Å². The number of rotatable bonds is 2. The van der Waals surface area contributed by atoms with Crippen molar-refractivity contribution < 1.29 is 4.79 Å². The maximum absolute atomic E-state index is 11.8. The average molecular weight is 333 g/mol. The Labute approximate surface area is 139 Å². The van der Waals surface area contributed by atoms with E-state index in [9.17, 15) is 4.79 Å². The third kappa shape index (κ3) is 2.96. The van der Waals surface area contributed by atoms with Crippen molar-refractivity contribution >= 4 is 40.2 Å². The first-order valence-corrected chi connectivity index (χ1v) is 6.96. The summed E-state index contributed by atoms with van der Waals surface area (Å²) in [5.74, 6) is 0. The van der Waals surface area contributed by atoms with Gasteiger partial charge in [0, 0.05) is 28.9 Å². The van der Waals surface area contributed by atoms with E-state index in [0.29, 0.717) is 11.3 Å². The third-order valence-electron chi connectivity index (χ3n) is 3.42. The lowest BCUT2D eigenvalue weighted by Crippen LogP contribution is -1.98. The van der Waals surface area contributed by atoms with Crippen LogP contribution in [0.2, 0.25) is 0 Å². The second-order valence-electron chi connectivity index (χ2n) is 5.05. The standard InChI is InChI=1S/C17H13ClN2O.ClH/c1-10-6-11(2)16-13(7-10)14(17(18)21)8-15(20-16)12-4-3-5-19-9-12;/h3-9H,1-2H3;1H. The Balaban J connectivity index is 0.00000176. The molecule has 0 fully saturated rings. The summed E-state index contributed by atoms with van der Waals surface area (Å²) in [6.07, 6.45) is 3.42. The van der Waals surface area contributed by atoms with Gasteiger partial charge in [0.15, 0.2) is 0 Å². The molecule has 0 spiro atoms. The van der Waals surface area contributed by atoms with Crippen molar-refractivity contribution in [2.45, 2.75) is 13.8 Å². The molecular formula is C17H14Cl2N2O. The molecule has 0 amide bonds. The highest BCUT2D eigenvalue weighted by Gasteiger charge is 2.14. The number of carbonyl (C=O) groups is 1. The summed E-state index contributed by atoms with van der Waals surface area (Å²) in [7, 11) is 0. The van der Waals surface area contributed by atoms with Crippen molar-refractivity contribution in [1.82, 2.24) is 9.97 Å². The molecule has 112 valence electrons. The van der Waals surface area contributed by atoms with Gasteiger partial charge in [0.2, 0.25) is 0 Å². The summed E-state index contributed by atoms with van der Waals surface area (Å²) in [6, 6.07) is 9.47. The van der Waals surface area contributed by atoms with Gasteiger partial charge in [-0.15, -0.1) is 12.4 Å². The van der Waals surface area contributed by atoms with E-state index in [0.717, 1.165) is 27.6 Å². The summed E-state index contributed by atoms with van der Waals surface area (Å²) in [6.45, 7) is 3.97. The van der Waals surface area contributed by atoms with Gasteiger partial charge in [0.25, 0.3) is 5.24 Å². The van der Waals surface area contributed by atoms with Gasteiger partial charge in [-0.3, -0.25) is 9.78 Å². The molecule has 22 heavy (non-hydrogen) atoms. The van der Waals surface area contributed by atoms with Crippen molar-refractivity contribution in [1.29, 1.82) is 0 Å². The maximum atomic E-state index is 11.8. The molecule has 1 aromatic carbocycles. The molecule has 2 aromatic heterocycles. The van der Waals surface area contributed by atoms with E-state index in [-0.39, 0.29) is 12.4 Å². The molecule has 0 aliphatic heterocycles. The normalized spacial score (nSPS) is 10.3. The number of aromatic nitrogens is 2. The highest BCUT2D eigenvalue weighted by atomic mass is 35.5. The van der Waals surface area contributed by atoms with E-state index in [1.165, 1.54) is 0 Å². The SMILES string of the molecule is Cc1cc(C)c2nc(-c3cccnc3)cc(C(=O)Cl)c2c1.Cl. The number of carbonyl (C=O) groups excluding carboxylic acids is 1. The molecular weight excluding hydrogens is 319 g/mol. The van der Waals surface area contributed by atoms with E-state index in [1.54, 1.807) is 18.5 Å². The third-order valence-corrected chi connectivity index (χ3v) is 3.62. The van der Waals surface area contributed by atoms with Crippen LogP contribution in [0.3, 0.4) is 0 Å². The fourth-order valence-corrected chi connectivity index (χ4v) is 2.66. The highest BCUT2D eigenvalue weighted by molar-refractivity contribution is 6.68. The number of hydrogen-bond donors (Lipinski definition) is 0. The Hall–Kier alpha value is -1.97. The molecule has 0 aliphatic carbocycles. The predicted octanol–water partition coefficient (Wildman–Crippen LogP) is 4.71. The second-order valence-corrected chi connectivity index (χ2v) is 5.39. The molecule has 2 heterocycles. The zero-order valence-electron chi connectivity index (χ0n) is 12.1. The fraction of sp³-hybridized carbons (Fsp3) is 0.118. The van der Waals surface area contributed by atoms with Gasteiger partial charge in [-0.1, -0.05) is 11.6 Å². The van der Waals surface area contributed by atoms with Crippen LogP contribution >= 0.6 is 24.0 Å². The number of hydrogen-bond acceptors (Lipinski definition) is 3. The van der Waals surface area contributed by atoms with Crippen LogP contribution in [-0.2, 0) is 0 Å². The smallest absolute Gasteiger partial charge is 0.253 e. The van der Waals surface area contributed by atoms with Crippen LogP contribution in [0.4, 0.5) is 0 Å². The number of aryl methyl sites for hydroxylation is 2. The van der Waals surface area contributed by atoms with Gasteiger partial charge in [-0.05, 0) is 55.3 Å². The molecule has 0 saturated carbocycles. The summed E-state index contributed by atoms with van der Waals surface area (Å²) >= 11 is 5.76. The Morgan fingerprint density at radius 2 is 1.95 bits per heavy atom. The summed E-state index contributed by atoms with van der Waals surface area (Å²) in [5, 5.41) is 0.317. The summed E-state index contributed by atoms with van der Waals surface area (Å²) in [4.78, 5) is 20.6. The van der Waals surface area contributed by atoms with E-state index < -0.39 is 5.24 Å². The lowest BCUT2D eigenvalue weighted by molar-refractivity contribution is 0.108. The summed E-state index contributed by atoms with van der Waals surface area (Å²) < 4.78 is 0. The van der Waals surface area contributed by atoms with Crippen LogP contribution in [0.25, 0.3) is 22.2 Å². The molecule has 0 unspecified atom stereocenters. The lowest BCUT2D eigenvalue weighted by Gasteiger charge is -2.10. The van der Waals surface area contributed by atoms with Gasteiger partial charge in [0.1, 0.15) is 0 Å². The molecule has 0 bridgehead atoms. The quantitative estimate of drug-likeness (QED) is 0.638. The van der Waals surface area contributed by atoms with E-state index >= 15 is 0 Å². The minimum Gasteiger partial charge on any atom is -0.276 e. The van der Waals surface area contributed by atoms with Gasteiger partial charge in [-0.25, -0.2) is 4.98 Å². The summed E-state index contributed by atoms with van der Waals surface area (Å²) in [5.41, 5.74) is 4.94. The minimum atomic E-state index is -0.474. The molecule has 3 rings (SSSR count). The van der Waals surface area contributed by atoms with E-state index in [1.807, 2.05) is 38.1 Å². The first kappa shape index (κ1) is 16.4. The largest absolute Gasteiger partial charge is 0.276 e. The van der Waals surface area contributed by atoms with Crippen LogP contribution < -0.4 is 0 Å². The van der Waals surface area contributed by atoms with Gasteiger partial charge in [0.05, 0.1) is 11.2 Å². The zero-order chi connectivity index (χ0) is 15.0. The van der Waals surface area contributed by atoms with Gasteiger partial charge in [-0.2, -0.15) is 0 Å². The lowest BCUT2D eigenvalue weighted by atomic mass is 10.0. The second kappa shape index (κ2) is 6.42. The topological polar surface area (TPSA) is 42.9 Å². The molecule has 3 aromatic rings. The van der Waals surface area contributed by atoms with Crippen LogP contribution in [0.5, 0.6) is 0 Å². The molecule has 3 nitrogen and oxygen atoms in total. The molecule has 0 N–H and O–H groups in total. The predicted molar refractivity (Wildman–Crippen MR) is 91.9 cm³/mol. The Kier molecular flexibility index (Phi) is 4.79. The van der Waals surface area contributed by atoms with E-state index in [4.69, 9.17) is 11.6 Å². The van der Waals surface area contributed by atoms with Crippen molar-refractivity contribution in [2.24, 2.45) is 0 Å². The van der Waals surface area contributed by atoms with Gasteiger partial charge >= 0.3 is 0 Å². The Morgan fingerprint density at radius 1 is 1.18 bits per heavy atom. The first-order valence-electron chi connectivity index (χ1n) is 6.58. The Bertz CT molecular complexity index is 848. The Morgan fingerprint density at radius 3 is 2.59 bits per heavy atom. The minimum absolute atomic E-state index is 0. The van der Waals surface area contributed by atoms with Crippen LogP contribution in [0, 0.1) is 13.8 Å². The molecule has 0 atom stereocenters. The van der Waals surface area contributed by atoms with Gasteiger partial charge < -0.3 is 0 Å². The number of pyridine rings is 2. The van der Waals surface area contributed by atoms with Crippen molar-refractivity contribution in [2.75, 3.05) is 0 Å². The molecule has 0 saturated heterocycles. The first-order chi connectivity index (χ1) is 10.1. The molecule has 0 radical (unpaired) electrons. The van der Waals surface area contributed by atoms with E-state index in [2.05, 4.69) is 9.97 Å². The number of benzene rings is 1. The molecule has 0 aliphatic rings. The maximum Gasteiger partial charge on any atom is 0.253 e. The number of nitrogens with zero attached hydrogens (tertiary/aromatic N) is 2. The average Bonchev–Trinajstić information content (AvgIpc) is 2.47. The monoisotopic (exact) mass is 332 g/mol. The zero-order valence-corrected chi connectivity index (χ0v) is 13.7. The highest BCUT2D eigenvalue weighted by Crippen LogP contribution is 2.28. The fourth-order valence-electron chi connectivity index (χ4n) is 2.51. The van der Waals surface area contributed by atoms with Crippen molar-refractivity contribution in [3.63, 3.8) is 0 Å². The number of halogens is 2. The van der Waals surface area contributed by atoms with Crippen LogP contribution in [-0.4, -0.2) is 15.2 Å².